The summed E-state index contributed by atoms with van der Waals surface area (Å²) in [6.07, 6.45) is 5.31. The smallest absolute Gasteiger partial charge is 0.0897 e. The van der Waals surface area contributed by atoms with E-state index in [4.69, 9.17) is 0 Å². The number of nitrogens with one attached hydrogen (secondary N) is 1. The molecule has 0 aliphatic heterocycles. The Morgan fingerprint density at radius 3 is 2.80 bits per heavy atom. The van der Waals surface area contributed by atoms with Crippen molar-refractivity contribution in [3.63, 3.8) is 0 Å². The molecule has 0 radical (unpaired) electrons. The SMILES string of the molecule is CCNCC1(Cc2csc(C)n2)CCC1. The molecule has 1 aliphatic rings. The third kappa shape index (κ3) is 2.58. The van der Waals surface area contributed by atoms with Gasteiger partial charge in [-0.15, -0.1) is 11.3 Å². The van der Waals surface area contributed by atoms with Gasteiger partial charge in [0.25, 0.3) is 0 Å². The van der Waals surface area contributed by atoms with Gasteiger partial charge in [-0.1, -0.05) is 13.3 Å². The van der Waals surface area contributed by atoms with Gasteiger partial charge in [0.05, 0.1) is 10.7 Å². The Morgan fingerprint density at radius 2 is 2.33 bits per heavy atom. The summed E-state index contributed by atoms with van der Waals surface area (Å²) in [5.41, 5.74) is 1.83. The number of aryl methyl sites for hydroxylation is 1. The van der Waals surface area contributed by atoms with E-state index < -0.39 is 0 Å². The lowest BCUT2D eigenvalue weighted by molar-refractivity contribution is 0.130. The second-order valence-corrected chi connectivity index (χ2v) is 5.73. The van der Waals surface area contributed by atoms with Crippen molar-refractivity contribution in [1.82, 2.24) is 10.3 Å². The first kappa shape index (κ1) is 11.1. The fraction of sp³-hybridized carbons (Fsp3) is 0.750. The summed E-state index contributed by atoms with van der Waals surface area (Å²) in [5.74, 6) is 0. The van der Waals surface area contributed by atoms with Crippen molar-refractivity contribution in [3.8, 4) is 0 Å². The van der Waals surface area contributed by atoms with Crippen molar-refractivity contribution in [1.29, 1.82) is 0 Å². The Kier molecular flexibility index (Phi) is 3.42. The van der Waals surface area contributed by atoms with Gasteiger partial charge in [-0.2, -0.15) is 0 Å². The molecule has 3 heteroatoms. The van der Waals surface area contributed by atoms with Gasteiger partial charge in [0.2, 0.25) is 0 Å². The quantitative estimate of drug-likeness (QED) is 0.832. The molecule has 84 valence electrons. The van der Waals surface area contributed by atoms with E-state index in [2.05, 4.69) is 29.5 Å². The fourth-order valence-electron chi connectivity index (χ4n) is 2.36. The summed E-state index contributed by atoms with van der Waals surface area (Å²) < 4.78 is 0. The van der Waals surface area contributed by atoms with E-state index >= 15 is 0 Å². The Balaban J connectivity index is 1.95. The van der Waals surface area contributed by atoms with Gasteiger partial charge in [0, 0.05) is 11.9 Å². The van der Waals surface area contributed by atoms with Gasteiger partial charge in [-0.25, -0.2) is 4.98 Å². The van der Waals surface area contributed by atoms with E-state index in [0.29, 0.717) is 5.41 Å². The van der Waals surface area contributed by atoms with Crippen molar-refractivity contribution in [3.05, 3.63) is 16.1 Å². The normalized spacial score (nSPS) is 18.8. The molecule has 15 heavy (non-hydrogen) atoms. The summed E-state index contributed by atoms with van der Waals surface area (Å²) in [6, 6.07) is 0. The van der Waals surface area contributed by atoms with E-state index in [1.54, 1.807) is 11.3 Å². The topological polar surface area (TPSA) is 24.9 Å². The lowest BCUT2D eigenvalue weighted by Gasteiger charge is -2.42. The lowest BCUT2D eigenvalue weighted by atomic mass is 9.66. The van der Waals surface area contributed by atoms with E-state index in [1.165, 1.54) is 42.9 Å². The Bertz CT molecular complexity index is 315. The molecule has 1 aromatic rings. The van der Waals surface area contributed by atoms with E-state index in [0.717, 1.165) is 6.54 Å². The fourth-order valence-corrected chi connectivity index (χ4v) is 2.97. The minimum Gasteiger partial charge on any atom is -0.316 e. The van der Waals surface area contributed by atoms with Crippen molar-refractivity contribution in [2.24, 2.45) is 5.41 Å². The first-order valence-electron chi connectivity index (χ1n) is 5.86. The molecule has 1 N–H and O–H groups in total. The van der Waals surface area contributed by atoms with Crippen LogP contribution >= 0.6 is 11.3 Å². The molecule has 0 bridgehead atoms. The second-order valence-electron chi connectivity index (χ2n) is 4.67. The number of hydrogen-bond acceptors (Lipinski definition) is 3. The summed E-state index contributed by atoms with van der Waals surface area (Å²) >= 11 is 1.77. The zero-order chi connectivity index (χ0) is 10.7. The minimum absolute atomic E-state index is 0.524. The van der Waals surface area contributed by atoms with E-state index in [1.807, 2.05) is 0 Å². The van der Waals surface area contributed by atoms with Crippen LogP contribution in [0.15, 0.2) is 5.38 Å². The number of rotatable bonds is 5. The highest BCUT2D eigenvalue weighted by molar-refractivity contribution is 7.09. The van der Waals surface area contributed by atoms with Crippen LogP contribution in [0.4, 0.5) is 0 Å². The maximum Gasteiger partial charge on any atom is 0.0897 e. The van der Waals surface area contributed by atoms with Crippen LogP contribution in [-0.2, 0) is 6.42 Å². The van der Waals surface area contributed by atoms with Gasteiger partial charge in [-0.05, 0) is 38.1 Å². The molecule has 0 amide bonds. The first-order valence-corrected chi connectivity index (χ1v) is 6.74. The van der Waals surface area contributed by atoms with Crippen molar-refractivity contribution < 1.29 is 0 Å². The monoisotopic (exact) mass is 224 g/mol. The molecule has 0 atom stereocenters. The van der Waals surface area contributed by atoms with Crippen LogP contribution in [-0.4, -0.2) is 18.1 Å². The van der Waals surface area contributed by atoms with Gasteiger partial charge >= 0.3 is 0 Å². The third-order valence-corrected chi connectivity index (χ3v) is 4.21. The van der Waals surface area contributed by atoms with Crippen LogP contribution in [0.25, 0.3) is 0 Å². The van der Waals surface area contributed by atoms with E-state index in [-0.39, 0.29) is 0 Å². The lowest BCUT2D eigenvalue weighted by Crippen LogP contribution is -2.41. The van der Waals surface area contributed by atoms with Gasteiger partial charge in [0.1, 0.15) is 0 Å². The molecule has 1 saturated carbocycles. The highest BCUT2D eigenvalue weighted by Gasteiger charge is 2.36. The van der Waals surface area contributed by atoms with Gasteiger partial charge in [-0.3, -0.25) is 0 Å². The van der Waals surface area contributed by atoms with Crippen molar-refractivity contribution in [2.75, 3.05) is 13.1 Å². The Hall–Kier alpha value is -0.410. The van der Waals surface area contributed by atoms with Crippen LogP contribution in [0.5, 0.6) is 0 Å². The summed E-state index contributed by atoms with van der Waals surface area (Å²) in [5, 5.41) is 6.91. The maximum absolute atomic E-state index is 4.58. The second kappa shape index (κ2) is 4.62. The van der Waals surface area contributed by atoms with Crippen molar-refractivity contribution in [2.45, 2.75) is 39.5 Å². The zero-order valence-electron chi connectivity index (χ0n) is 9.68. The summed E-state index contributed by atoms with van der Waals surface area (Å²) in [6.45, 7) is 6.52. The van der Waals surface area contributed by atoms with Crippen molar-refractivity contribution >= 4 is 11.3 Å². The number of thiazole rings is 1. The molecule has 1 aromatic heterocycles. The van der Waals surface area contributed by atoms with Crippen LogP contribution in [0.1, 0.15) is 36.9 Å². The van der Waals surface area contributed by atoms with Gasteiger partial charge < -0.3 is 5.32 Å². The maximum atomic E-state index is 4.58. The molecule has 2 rings (SSSR count). The third-order valence-electron chi connectivity index (χ3n) is 3.39. The van der Waals surface area contributed by atoms with E-state index in [9.17, 15) is 0 Å². The molecule has 2 nitrogen and oxygen atoms in total. The minimum atomic E-state index is 0.524. The highest BCUT2D eigenvalue weighted by Crippen LogP contribution is 2.43. The molecular weight excluding hydrogens is 204 g/mol. The largest absolute Gasteiger partial charge is 0.316 e. The molecule has 1 heterocycles. The molecular formula is C12H20N2S. The average molecular weight is 224 g/mol. The predicted octanol–water partition coefficient (Wildman–Crippen LogP) is 2.77. The first-order chi connectivity index (χ1) is 7.24. The molecule has 0 unspecified atom stereocenters. The van der Waals surface area contributed by atoms with Crippen LogP contribution < -0.4 is 5.32 Å². The van der Waals surface area contributed by atoms with Crippen LogP contribution in [0.2, 0.25) is 0 Å². The number of nitrogens with zero attached hydrogens (tertiary/aromatic N) is 1. The van der Waals surface area contributed by atoms with Crippen LogP contribution in [0, 0.1) is 12.3 Å². The predicted molar refractivity (Wildman–Crippen MR) is 65.4 cm³/mol. The number of aromatic nitrogens is 1. The average Bonchev–Trinajstić information content (AvgIpc) is 2.56. The molecule has 0 aromatic carbocycles. The zero-order valence-corrected chi connectivity index (χ0v) is 10.5. The number of hydrogen-bond donors (Lipinski definition) is 1. The Labute approximate surface area is 96.1 Å². The highest BCUT2D eigenvalue weighted by atomic mass is 32.1. The standard InChI is InChI=1S/C12H20N2S/c1-3-13-9-12(5-4-6-12)7-11-8-15-10(2)14-11/h8,13H,3-7,9H2,1-2H3. The Morgan fingerprint density at radius 1 is 1.53 bits per heavy atom. The van der Waals surface area contributed by atoms with Gasteiger partial charge in [0.15, 0.2) is 0 Å². The molecule has 0 saturated heterocycles. The summed E-state index contributed by atoms with van der Waals surface area (Å²) in [4.78, 5) is 4.58. The molecule has 0 spiro atoms. The van der Waals surface area contributed by atoms with Crippen LogP contribution in [0.3, 0.4) is 0 Å². The summed E-state index contributed by atoms with van der Waals surface area (Å²) in [7, 11) is 0. The molecule has 1 aliphatic carbocycles. The molecule has 1 fully saturated rings.